The highest BCUT2D eigenvalue weighted by molar-refractivity contribution is 6.01. The number of nitrogens with one attached hydrogen (secondary N) is 1. The number of nitrogens with zero attached hydrogens (tertiary/aromatic N) is 5. The van der Waals surface area contributed by atoms with Gasteiger partial charge in [-0.05, 0) is 97.8 Å². The fraction of sp³-hybridized carbons (Fsp3) is 0.395. The second-order valence-electron chi connectivity index (χ2n) is 14.1. The van der Waals surface area contributed by atoms with Gasteiger partial charge in [-0.3, -0.25) is 9.69 Å². The first-order valence-corrected chi connectivity index (χ1v) is 17.2. The van der Waals surface area contributed by atoms with Gasteiger partial charge in [0.15, 0.2) is 5.82 Å². The van der Waals surface area contributed by atoms with E-state index in [0.29, 0.717) is 48.4 Å². The van der Waals surface area contributed by atoms with Crippen molar-refractivity contribution in [3.63, 3.8) is 0 Å². The van der Waals surface area contributed by atoms with Gasteiger partial charge in [0.05, 0.1) is 12.0 Å². The fourth-order valence-electron chi connectivity index (χ4n) is 9.03. The van der Waals surface area contributed by atoms with Crippen molar-refractivity contribution in [2.75, 3.05) is 37.7 Å². The molecule has 2 atom stereocenters. The molecule has 2 aromatic heterocycles. The first-order valence-electron chi connectivity index (χ1n) is 17.2. The molecule has 2 unspecified atom stereocenters. The van der Waals surface area contributed by atoms with E-state index in [1.807, 2.05) is 48.8 Å². The maximum absolute atomic E-state index is 16.9. The summed E-state index contributed by atoms with van der Waals surface area (Å²) in [5.74, 6) is 0.390. The highest BCUT2D eigenvalue weighted by Crippen LogP contribution is 2.42. The van der Waals surface area contributed by atoms with E-state index >= 15 is 4.39 Å². The lowest BCUT2D eigenvalue weighted by Gasteiger charge is -2.42. The molecule has 0 radical (unpaired) electrons. The van der Waals surface area contributed by atoms with Crippen LogP contribution in [0.4, 0.5) is 10.2 Å². The molecule has 9 nitrogen and oxygen atoms in total. The Morgan fingerprint density at radius 1 is 0.979 bits per heavy atom. The first kappa shape index (κ1) is 29.4. The Kier molecular flexibility index (Phi) is 7.04. The third-order valence-electron chi connectivity index (χ3n) is 11.3. The summed E-state index contributed by atoms with van der Waals surface area (Å²) in [6, 6.07) is 16.9. The number of halogens is 1. The molecule has 4 aliphatic heterocycles. The molecular weight excluding hydrogens is 607 g/mol. The maximum atomic E-state index is 16.9. The van der Waals surface area contributed by atoms with Crippen LogP contribution in [0.3, 0.4) is 0 Å². The number of phenolic OH excluding ortho intramolecular Hbond substituents is 1. The number of piperazine rings is 1. The Bertz CT molecular complexity index is 2010. The Morgan fingerprint density at radius 3 is 2.54 bits per heavy atom. The van der Waals surface area contributed by atoms with Crippen molar-refractivity contribution >= 4 is 33.4 Å². The molecule has 4 fully saturated rings. The minimum absolute atomic E-state index is 0.0100. The fourth-order valence-corrected chi connectivity index (χ4v) is 9.03. The van der Waals surface area contributed by atoms with E-state index in [1.54, 1.807) is 18.2 Å². The molecule has 48 heavy (non-hydrogen) atoms. The zero-order valence-corrected chi connectivity index (χ0v) is 26.9. The van der Waals surface area contributed by atoms with E-state index in [9.17, 15) is 9.90 Å². The van der Waals surface area contributed by atoms with Gasteiger partial charge in [-0.15, -0.1) is 0 Å². The molecule has 5 aromatic rings. The number of ether oxygens (including phenoxy) is 1. The number of phenols is 1. The summed E-state index contributed by atoms with van der Waals surface area (Å²) in [7, 11) is 0. The van der Waals surface area contributed by atoms with Crippen molar-refractivity contribution in [1.82, 2.24) is 24.8 Å². The Morgan fingerprint density at radius 2 is 1.77 bits per heavy atom. The average molecular weight is 647 g/mol. The number of H-pyrrole nitrogens is 1. The number of carbonyl (C=O) groups excluding carboxylic acids is 1. The van der Waals surface area contributed by atoms with Gasteiger partial charge in [0.2, 0.25) is 5.91 Å². The number of benzene rings is 3. The largest absolute Gasteiger partial charge is 0.508 e. The third-order valence-corrected chi connectivity index (χ3v) is 11.3. The van der Waals surface area contributed by atoms with Gasteiger partial charge in [0.1, 0.15) is 23.7 Å². The van der Waals surface area contributed by atoms with E-state index in [-0.39, 0.29) is 40.8 Å². The van der Waals surface area contributed by atoms with E-state index < -0.39 is 5.82 Å². The second-order valence-corrected chi connectivity index (χ2v) is 14.1. The lowest BCUT2D eigenvalue weighted by atomic mass is 9.95. The van der Waals surface area contributed by atoms with Gasteiger partial charge >= 0.3 is 6.01 Å². The van der Waals surface area contributed by atoms with E-state index in [1.165, 1.54) is 0 Å². The van der Waals surface area contributed by atoms with Gasteiger partial charge in [-0.25, -0.2) is 4.39 Å². The van der Waals surface area contributed by atoms with Gasteiger partial charge in [0, 0.05) is 48.5 Å². The average Bonchev–Trinajstić information content (AvgIpc) is 3.88. The summed E-state index contributed by atoms with van der Waals surface area (Å²) in [5, 5.41) is 12.8. The van der Waals surface area contributed by atoms with Crippen LogP contribution in [0, 0.1) is 5.82 Å². The van der Waals surface area contributed by atoms with Crippen LogP contribution in [0.2, 0.25) is 0 Å². The zero-order valence-electron chi connectivity index (χ0n) is 26.9. The van der Waals surface area contributed by atoms with Gasteiger partial charge in [0.25, 0.3) is 0 Å². The summed E-state index contributed by atoms with van der Waals surface area (Å²) in [4.78, 5) is 33.0. The molecule has 2 bridgehead atoms. The molecule has 10 heteroatoms. The van der Waals surface area contributed by atoms with Crippen molar-refractivity contribution in [1.29, 1.82) is 0 Å². The minimum atomic E-state index is -0.471. The van der Waals surface area contributed by atoms with Crippen molar-refractivity contribution < 1.29 is 19.0 Å². The van der Waals surface area contributed by atoms with Gasteiger partial charge < -0.3 is 24.6 Å². The first-order chi connectivity index (χ1) is 23.5. The molecular formula is C38H39FN6O3. The van der Waals surface area contributed by atoms with Crippen LogP contribution in [0.15, 0.2) is 67.0 Å². The molecule has 0 aliphatic carbocycles. The molecule has 4 aliphatic rings. The van der Waals surface area contributed by atoms with Gasteiger partial charge in [-0.2, -0.15) is 9.97 Å². The quantitative estimate of drug-likeness (QED) is 0.222. The molecule has 246 valence electrons. The highest BCUT2D eigenvalue weighted by Gasteiger charge is 2.46. The molecule has 0 spiro atoms. The van der Waals surface area contributed by atoms with Crippen LogP contribution in [0.25, 0.3) is 32.8 Å². The molecule has 1 amide bonds. The predicted octanol–water partition coefficient (Wildman–Crippen LogP) is 6.05. The number of amides is 1. The standard InChI is InChI=1S/C38H39FN6O3/c39-34-30(32-19-28(46)18-25-5-1-2-6-29(25)32)9-10-31-35(34)41-37(48-23-38-12-3-15-44(38)16-4-13-38)42-36(31)43-21-26-7-8-27(22-43)45(26)33(47)17-24-11-14-40-20-24/h1-2,5-6,9-11,14,18-20,26-27,40,46H,3-4,7-8,12-13,15-17,21-23H2. The van der Waals surface area contributed by atoms with E-state index in [0.717, 1.165) is 68.0 Å². The molecule has 6 heterocycles. The number of aromatic nitrogens is 3. The summed E-state index contributed by atoms with van der Waals surface area (Å²) >= 11 is 0. The summed E-state index contributed by atoms with van der Waals surface area (Å²) in [6.45, 7) is 3.86. The number of rotatable bonds is 7. The molecule has 3 aromatic carbocycles. The number of anilines is 1. The smallest absolute Gasteiger partial charge is 0.319 e. The monoisotopic (exact) mass is 646 g/mol. The van der Waals surface area contributed by atoms with E-state index in [4.69, 9.17) is 14.7 Å². The van der Waals surface area contributed by atoms with Crippen LogP contribution in [-0.2, 0) is 11.2 Å². The topological polar surface area (TPSA) is 97.8 Å². The minimum Gasteiger partial charge on any atom is -0.508 e. The van der Waals surface area contributed by atoms with Crippen LogP contribution in [-0.4, -0.2) is 86.2 Å². The molecule has 2 N–H and O–H groups in total. The summed E-state index contributed by atoms with van der Waals surface area (Å²) < 4.78 is 23.3. The number of hydrogen-bond donors (Lipinski definition) is 2. The van der Waals surface area contributed by atoms with Crippen LogP contribution in [0.5, 0.6) is 11.8 Å². The van der Waals surface area contributed by atoms with Crippen molar-refractivity contribution in [2.45, 2.75) is 62.6 Å². The number of hydrogen-bond acceptors (Lipinski definition) is 7. The summed E-state index contributed by atoms with van der Waals surface area (Å²) in [5.41, 5.74) is 2.14. The Labute approximate surface area is 278 Å². The Hall–Kier alpha value is -4.70. The van der Waals surface area contributed by atoms with Gasteiger partial charge in [-0.1, -0.05) is 30.3 Å². The lowest BCUT2D eigenvalue weighted by molar-refractivity contribution is -0.133. The van der Waals surface area contributed by atoms with Crippen molar-refractivity contribution in [3.05, 3.63) is 78.4 Å². The number of aromatic amines is 1. The SMILES string of the molecule is O=C(Cc1cc[nH]c1)N1C2CCC1CN(c1nc(OCC34CCCN3CCC4)nc3c(F)c(-c4cc(O)cc5ccccc45)ccc13)C2. The second kappa shape index (κ2) is 11.5. The molecule has 4 saturated heterocycles. The van der Waals surface area contributed by atoms with E-state index in [2.05, 4.69) is 19.7 Å². The highest BCUT2D eigenvalue weighted by atomic mass is 19.1. The lowest BCUT2D eigenvalue weighted by Crippen LogP contribution is -2.56. The van der Waals surface area contributed by atoms with Crippen LogP contribution < -0.4 is 9.64 Å². The predicted molar refractivity (Wildman–Crippen MR) is 183 cm³/mol. The normalized spacial score (nSPS) is 21.8. The number of carbonyl (C=O) groups is 1. The zero-order chi connectivity index (χ0) is 32.4. The van der Waals surface area contributed by atoms with Crippen molar-refractivity contribution in [3.8, 4) is 22.9 Å². The van der Waals surface area contributed by atoms with Crippen molar-refractivity contribution in [2.24, 2.45) is 0 Å². The van der Waals surface area contributed by atoms with Crippen LogP contribution in [0.1, 0.15) is 44.1 Å². The maximum Gasteiger partial charge on any atom is 0.319 e. The summed E-state index contributed by atoms with van der Waals surface area (Å²) in [6.07, 6.45) is 10.4. The number of fused-ring (bicyclic) bond motifs is 5. The third kappa shape index (κ3) is 4.87. The van der Waals surface area contributed by atoms with Crippen LogP contribution >= 0.6 is 0 Å². The molecule has 0 saturated carbocycles. The molecule has 9 rings (SSSR count). The number of aromatic hydroxyl groups is 1. The Balaban J connectivity index is 1.11.